The summed E-state index contributed by atoms with van der Waals surface area (Å²) < 4.78 is 9.51. The van der Waals surface area contributed by atoms with Crippen molar-refractivity contribution in [3.63, 3.8) is 0 Å². The van der Waals surface area contributed by atoms with Crippen LogP contribution in [-0.2, 0) is 28.9 Å². The van der Waals surface area contributed by atoms with Crippen molar-refractivity contribution in [3.05, 3.63) is 179 Å². The lowest BCUT2D eigenvalue weighted by Crippen LogP contribution is -1.88. The Hall–Kier alpha value is -7.96. The molecule has 0 aliphatic rings. The van der Waals surface area contributed by atoms with E-state index in [1.807, 2.05) is 97.1 Å². The van der Waals surface area contributed by atoms with Crippen molar-refractivity contribution in [3.8, 4) is 24.0 Å². The van der Waals surface area contributed by atoms with Gasteiger partial charge in [0, 0.05) is 0 Å². The van der Waals surface area contributed by atoms with Gasteiger partial charge in [-0.2, -0.15) is 20.0 Å². The Morgan fingerprint density at radius 3 is 0.852 bits per heavy atom. The van der Waals surface area contributed by atoms with Crippen LogP contribution in [0.3, 0.4) is 0 Å². The van der Waals surface area contributed by atoms with E-state index in [9.17, 15) is 9.59 Å². The topological polar surface area (TPSA) is 150 Å². The number of rotatable bonds is 12. The Bertz CT molecular complexity index is 2380. The van der Waals surface area contributed by atoms with Gasteiger partial charge in [0.2, 0.25) is 12.2 Å². The Kier molecular flexibility index (Phi) is 13.8. The molecule has 0 radical (unpaired) electrons. The summed E-state index contributed by atoms with van der Waals surface area (Å²) >= 11 is 0. The molecule has 0 aliphatic heterocycles. The lowest BCUT2D eigenvalue weighted by molar-refractivity contribution is 0.506. The minimum absolute atomic E-state index is 0.530. The molecule has 0 spiro atoms. The van der Waals surface area contributed by atoms with Gasteiger partial charge < -0.3 is 9.47 Å². The SMILES string of the molecule is N#COc1ccc(Cc2ccc(N=C=Nc3ccc(Cc4ccc(N=C=O)cc4)cc3)cc2)cc1.N#COc1ccc(Cc2ccc(N=C=O)cc2)cc1. The summed E-state index contributed by atoms with van der Waals surface area (Å²) in [7, 11) is 0. The molecule has 6 rings (SSSR count). The average molecular weight is 707 g/mol. The summed E-state index contributed by atoms with van der Waals surface area (Å²) in [5, 5.41) is 16.9. The van der Waals surface area contributed by atoms with Crippen molar-refractivity contribution >= 4 is 40.9 Å². The second-order valence-corrected chi connectivity index (χ2v) is 11.6. The van der Waals surface area contributed by atoms with Gasteiger partial charge in [0.05, 0.1) is 22.7 Å². The highest BCUT2D eigenvalue weighted by molar-refractivity contribution is 5.58. The van der Waals surface area contributed by atoms with E-state index in [1.165, 1.54) is 6.08 Å². The van der Waals surface area contributed by atoms with Crippen LogP contribution in [0.2, 0.25) is 0 Å². The molecule has 0 heterocycles. The fourth-order valence-electron chi connectivity index (χ4n) is 5.16. The number of benzene rings is 6. The van der Waals surface area contributed by atoms with Crippen molar-refractivity contribution < 1.29 is 19.1 Å². The van der Waals surface area contributed by atoms with E-state index in [0.29, 0.717) is 22.9 Å². The van der Waals surface area contributed by atoms with Gasteiger partial charge in [0.15, 0.2) is 0 Å². The van der Waals surface area contributed by atoms with E-state index in [2.05, 4.69) is 26.0 Å². The molecule has 0 aliphatic carbocycles. The van der Waals surface area contributed by atoms with Crippen LogP contribution < -0.4 is 9.47 Å². The molecule has 0 saturated heterocycles. The van der Waals surface area contributed by atoms with E-state index in [1.54, 1.807) is 67.1 Å². The van der Waals surface area contributed by atoms with Crippen molar-refractivity contribution in [2.24, 2.45) is 20.0 Å². The smallest absolute Gasteiger partial charge is 0.292 e. The first-order chi connectivity index (χ1) is 26.5. The zero-order chi connectivity index (χ0) is 37.8. The Balaban J connectivity index is 0.000000249. The van der Waals surface area contributed by atoms with Crippen LogP contribution in [0.4, 0.5) is 22.7 Å². The molecule has 0 aromatic heterocycles. The largest absolute Gasteiger partial charge is 0.388 e. The first-order valence-corrected chi connectivity index (χ1v) is 16.5. The molecule has 0 saturated carbocycles. The standard InChI is InChI=1S/C29H20N4O2.C15H10N2O2/c30-19-35-29-15-7-25(8-16-29)18-23-3-11-27(12-4-23)32-20-31-26-9-1-22(2-10-26)17-24-5-13-28(14-6-24)33-21-34;16-10-19-15-7-3-13(4-8-15)9-12-1-5-14(6-2-12)17-11-18/h1-16H,17-18H2;1-8H,9H2. The van der Waals surface area contributed by atoms with Gasteiger partial charge in [-0.25, -0.2) is 9.59 Å². The number of ether oxygens (including phenoxy) is 2. The lowest BCUT2D eigenvalue weighted by atomic mass is 10.0. The van der Waals surface area contributed by atoms with E-state index < -0.39 is 0 Å². The van der Waals surface area contributed by atoms with Crippen LogP contribution in [-0.4, -0.2) is 18.2 Å². The molecular weight excluding hydrogens is 677 g/mol. The van der Waals surface area contributed by atoms with Gasteiger partial charge in [0.1, 0.15) is 17.5 Å². The van der Waals surface area contributed by atoms with Gasteiger partial charge in [-0.05, 0) is 125 Å². The highest BCUT2D eigenvalue weighted by atomic mass is 16.5. The van der Waals surface area contributed by atoms with Gasteiger partial charge in [-0.3, -0.25) is 0 Å². The maximum atomic E-state index is 10.3. The van der Waals surface area contributed by atoms with Crippen molar-refractivity contribution in [2.45, 2.75) is 19.3 Å². The Morgan fingerprint density at radius 2 is 0.611 bits per heavy atom. The van der Waals surface area contributed by atoms with Gasteiger partial charge in [-0.15, -0.1) is 10.5 Å². The summed E-state index contributed by atoms with van der Waals surface area (Å²) in [6, 6.07) is 48.2. The molecule has 54 heavy (non-hydrogen) atoms. The molecule has 10 heteroatoms. The van der Waals surface area contributed by atoms with Gasteiger partial charge in [-0.1, -0.05) is 72.8 Å². The van der Waals surface area contributed by atoms with Crippen LogP contribution in [0.5, 0.6) is 11.5 Å². The zero-order valence-corrected chi connectivity index (χ0v) is 28.8. The molecule has 0 atom stereocenters. The molecular formula is C44H30N6O4. The number of nitriles is 2. The summed E-state index contributed by atoms with van der Waals surface area (Å²) in [5.41, 5.74) is 9.50. The highest BCUT2D eigenvalue weighted by Gasteiger charge is 2.01. The van der Waals surface area contributed by atoms with Crippen LogP contribution in [0, 0.1) is 23.0 Å². The van der Waals surface area contributed by atoms with E-state index in [0.717, 1.165) is 64.0 Å². The van der Waals surface area contributed by atoms with Crippen LogP contribution in [0.15, 0.2) is 166 Å². The normalized spacial score (nSPS) is 9.59. The van der Waals surface area contributed by atoms with Crippen LogP contribution >= 0.6 is 0 Å². The van der Waals surface area contributed by atoms with Crippen molar-refractivity contribution in [1.29, 1.82) is 10.5 Å². The number of nitrogens with zero attached hydrogens (tertiary/aromatic N) is 6. The number of hydrogen-bond donors (Lipinski definition) is 0. The molecule has 6 aromatic rings. The molecule has 0 fully saturated rings. The van der Waals surface area contributed by atoms with Crippen LogP contribution in [0.1, 0.15) is 33.4 Å². The summed E-state index contributed by atoms with van der Waals surface area (Å²) in [4.78, 5) is 36.1. The predicted octanol–water partition coefficient (Wildman–Crippen LogP) is 9.94. The third kappa shape index (κ3) is 12.1. The first kappa shape index (κ1) is 37.3. The Morgan fingerprint density at radius 1 is 0.370 bits per heavy atom. The second kappa shape index (κ2) is 20.0. The summed E-state index contributed by atoms with van der Waals surface area (Å²) in [6.07, 6.45) is 8.65. The van der Waals surface area contributed by atoms with E-state index >= 15 is 0 Å². The fourth-order valence-corrected chi connectivity index (χ4v) is 5.16. The average Bonchev–Trinajstić information content (AvgIpc) is 3.20. The molecule has 6 aromatic carbocycles. The maximum Gasteiger partial charge on any atom is 0.292 e. The molecule has 0 N–H and O–H groups in total. The quantitative estimate of drug-likeness (QED) is 0.0702. The molecule has 0 bridgehead atoms. The zero-order valence-electron chi connectivity index (χ0n) is 28.8. The number of isocyanates is 2. The maximum absolute atomic E-state index is 10.3. The number of hydrogen-bond acceptors (Lipinski definition) is 10. The molecule has 0 amide bonds. The fraction of sp³-hybridized carbons (Fsp3) is 0.0682. The van der Waals surface area contributed by atoms with Crippen LogP contribution in [0.25, 0.3) is 0 Å². The molecule has 260 valence electrons. The van der Waals surface area contributed by atoms with Gasteiger partial charge >= 0.3 is 0 Å². The second-order valence-electron chi connectivity index (χ2n) is 11.6. The summed E-state index contributed by atoms with van der Waals surface area (Å²) in [6.45, 7) is 0. The Labute approximate surface area is 312 Å². The third-order valence-corrected chi connectivity index (χ3v) is 7.85. The number of aliphatic imine (C=N–C) groups is 4. The highest BCUT2D eigenvalue weighted by Crippen LogP contribution is 2.21. The molecule has 10 nitrogen and oxygen atoms in total. The lowest BCUT2D eigenvalue weighted by Gasteiger charge is -2.03. The monoisotopic (exact) mass is 706 g/mol. The predicted molar refractivity (Wildman–Crippen MR) is 204 cm³/mol. The number of carbonyl (C=O) groups excluding carboxylic acids is 2. The first-order valence-electron chi connectivity index (χ1n) is 16.5. The van der Waals surface area contributed by atoms with Crippen molar-refractivity contribution in [1.82, 2.24) is 0 Å². The third-order valence-electron chi connectivity index (χ3n) is 7.85. The molecule has 0 unspecified atom stereocenters. The van der Waals surface area contributed by atoms with E-state index in [-0.39, 0.29) is 0 Å². The van der Waals surface area contributed by atoms with Crippen molar-refractivity contribution in [2.75, 3.05) is 0 Å². The van der Waals surface area contributed by atoms with Gasteiger partial charge in [0.25, 0.3) is 12.5 Å². The minimum Gasteiger partial charge on any atom is -0.388 e. The van der Waals surface area contributed by atoms with E-state index in [4.69, 9.17) is 20.0 Å². The summed E-state index contributed by atoms with van der Waals surface area (Å²) in [5.74, 6) is 1.06. The minimum atomic E-state index is 0.530.